The first-order valence-electron chi connectivity index (χ1n) is 7.28. The van der Waals surface area contributed by atoms with Crippen molar-refractivity contribution in [2.24, 2.45) is 0 Å². The van der Waals surface area contributed by atoms with Crippen molar-refractivity contribution in [3.05, 3.63) is 76.1 Å². The van der Waals surface area contributed by atoms with Gasteiger partial charge in [0.15, 0.2) is 0 Å². The lowest BCUT2D eigenvalue weighted by atomic mass is 9.84. The molecule has 1 aliphatic rings. The summed E-state index contributed by atoms with van der Waals surface area (Å²) in [5.41, 5.74) is 5.57. The normalized spacial score (nSPS) is 13.3. The number of esters is 1. The molecule has 112 valence electrons. The van der Waals surface area contributed by atoms with Crippen LogP contribution in [0.1, 0.15) is 39.0 Å². The average molecular weight is 296 g/mol. The maximum Gasteiger partial charge on any atom is 0.337 e. The van der Waals surface area contributed by atoms with Crippen LogP contribution >= 0.6 is 0 Å². The van der Waals surface area contributed by atoms with Crippen LogP contribution < -0.4 is 0 Å². The van der Waals surface area contributed by atoms with Gasteiger partial charge in [0.2, 0.25) is 0 Å². The first-order chi connectivity index (χ1) is 10.6. The van der Waals surface area contributed by atoms with Gasteiger partial charge in [-0.3, -0.25) is 0 Å². The van der Waals surface area contributed by atoms with Crippen LogP contribution in [0.25, 0.3) is 5.57 Å². The van der Waals surface area contributed by atoms with Crippen molar-refractivity contribution >= 4 is 11.5 Å². The van der Waals surface area contributed by atoms with E-state index in [-0.39, 0.29) is 11.8 Å². The molecule has 2 aromatic carbocycles. The highest BCUT2D eigenvalue weighted by Gasteiger charge is 2.18. The van der Waals surface area contributed by atoms with Crippen LogP contribution in [-0.2, 0) is 11.2 Å². The largest absolute Gasteiger partial charge is 0.465 e. The molecule has 0 unspecified atom stereocenters. The second-order valence-corrected chi connectivity index (χ2v) is 5.48. The van der Waals surface area contributed by atoms with E-state index in [1.165, 1.54) is 18.7 Å². The molecule has 3 heteroatoms. The summed E-state index contributed by atoms with van der Waals surface area (Å²) >= 11 is 0. The van der Waals surface area contributed by atoms with Gasteiger partial charge in [0.05, 0.1) is 12.7 Å². The topological polar surface area (TPSA) is 26.3 Å². The predicted molar refractivity (Wildman–Crippen MR) is 84.3 cm³/mol. The number of hydrogen-bond donors (Lipinski definition) is 0. The molecule has 0 amide bonds. The van der Waals surface area contributed by atoms with E-state index < -0.39 is 0 Å². The number of carbonyl (C=O) groups is 1. The number of halogens is 1. The van der Waals surface area contributed by atoms with Crippen LogP contribution in [0.15, 0.2) is 42.5 Å². The van der Waals surface area contributed by atoms with Gasteiger partial charge in [-0.2, -0.15) is 0 Å². The Labute approximate surface area is 129 Å². The zero-order valence-electron chi connectivity index (χ0n) is 12.7. The van der Waals surface area contributed by atoms with Crippen LogP contribution in [0, 0.1) is 12.7 Å². The van der Waals surface area contributed by atoms with Gasteiger partial charge >= 0.3 is 5.97 Å². The first-order valence-corrected chi connectivity index (χ1v) is 7.28. The van der Waals surface area contributed by atoms with Crippen molar-refractivity contribution in [1.82, 2.24) is 0 Å². The minimum absolute atomic E-state index is 0.252. The molecule has 0 saturated heterocycles. The molecule has 1 aliphatic carbocycles. The molecule has 22 heavy (non-hydrogen) atoms. The molecule has 0 aromatic heterocycles. The molecule has 2 nitrogen and oxygen atoms in total. The molecule has 0 heterocycles. The smallest absolute Gasteiger partial charge is 0.337 e. The van der Waals surface area contributed by atoms with Crippen LogP contribution in [-0.4, -0.2) is 13.1 Å². The summed E-state index contributed by atoms with van der Waals surface area (Å²) in [6, 6.07) is 10.4. The average Bonchev–Trinajstić information content (AvgIpc) is 2.55. The summed E-state index contributed by atoms with van der Waals surface area (Å²) < 4.78 is 18.4. The van der Waals surface area contributed by atoms with E-state index in [1.807, 2.05) is 19.1 Å². The summed E-state index contributed by atoms with van der Waals surface area (Å²) in [7, 11) is 1.37. The Morgan fingerprint density at radius 1 is 1.14 bits per heavy atom. The van der Waals surface area contributed by atoms with Crippen LogP contribution in [0.4, 0.5) is 4.39 Å². The summed E-state index contributed by atoms with van der Waals surface area (Å²) in [4.78, 5) is 11.8. The maximum absolute atomic E-state index is 13.6. The van der Waals surface area contributed by atoms with E-state index in [1.54, 1.807) is 18.2 Å². The number of rotatable bonds is 2. The SMILES string of the molecule is COC(=O)c1ccc2c(c1)C(c1cc(F)ccc1C)=CCC2. The third-order valence-corrected chi connectivity index (χ3v) is 4.07. The quantitative estimate of drug-likeness (QED) is 0.772. The molecule has 3 rings (SSSR count). The molecule has 0 N–H and O–H groups in total. The maximum atomic E-state index is 13.6. The highest BCUT2D eigenvalue weighted by molar-refractivity contribution is 5.92. The zero-order chi connectivity index (χ0) is 15.7. The molecule has 2 aromatic rings. The van der Waals surface area contributed by atoms with Crippen molar-refractivity contribution in [2.45, 2.75) is 19.8 Å². The Bertz CT molecular complexity index is 775. The molecular weight excluding hydrogens is 279 g/mol. The number of ether oxygens (including phenoxy) is 1. The molecule has 0 aliphatic heterocycles. The number of benzene rings is 2. The number of methoxy groups -OCH3 is 1. The Morgan fingerprint density at radius 3 is 2.73 bits per heavy atom. The lowest BCUT2D eigenvalue weighted by molar-refractivity contribution is 0.0600. The number of fused-ring (bicyclic) bond motifs is 1. The Morgan fingerprint density at radius 2 is 1.95 bits per heavy atom. The minimum atomic E-state index is -0.358. The van der Waals surface area contributed by atoms with Gasteiger partial charge in [-0.25, -0.2) is 9.18 Å². The van der Waals surface area contributed by atoms with E-state index in [9.17, 15) is 9.18 Å². The fourth-order valence-corrected chi connectivity index (χ4v) is 2.91. The molecule has 0 radical (unpaired) electrons. The van der Waals surface area contributed by atoms with E-state index in [4.69, 9.17) is 4.74 Å². The van der Waals surface area contributed by atoms with Crippen molar-refractivity contribution in [2.75, 3.05) is 7.11 Å². The number of allylic oxidation sites excluding steroid dienone is 1. The lowest BCUT2D eigenvalue weighted by Crippen LogP contribution is -2.07. The van der Waals surface area contributed by atoms with E-state index in [0.717, 1.165) is 35.1 Å². The standard InChI is InChI=1S/C19H17FO2/c1-12-6-9-15(20)11-17(12)16-5-3-4-13-7-8-14(10-18(13)16)19(21)22-2/h5-11H,3-4H2,1-2H3. The van der Waals surface area contributed by atoms with Gasteiger partial charge in [-0.1, -0.05) is 18.2 Å². The Kier molecular flexibility index (Phi) is 3.80. The summed E-state index contributed by atoms with van der Waals surface area (Å²) in [5.74, 6) is -0.610. The van der Waals surface area contributed by atoms with Crippen molar-refractivity contribution < 1.29 is 13.9 Å². The molecule has 0 fully saturated rings. The van der Waals surface area contributed by atoms with Gasteiger partial charge < -0.3 is 4.74 Å². The van der Waals surface area contributed by atoms with E-state index in [2.05, 4.69) is 6.08 Å². The number of aryl methyl sites for hydroxylation is 2. The van der Waals surface area contributed by atoms with Crippen LogP contribution in [0.5, 0.6) is 0 Å². The van der Waals surface area contributed by atoms with Crippen LogP contribution in [0.3, 0.4) is 0 Å². The van der Waals surface area contributed by atoms with E-state index >= 15 is 0 Å². The van der Waals surface area contributed by atoms with Gasteiger partial charge in [0, 0.05) is 0 Å². The first kappa shape index (κ1) is 14.5. The number of carbonyl (C=O) groups excluding carboxylic acids is 1. The third kappa shape index (κ3) is 2.54. The molecular formula is C19H17FO2. The van der Waals surface area contributed by atoms with Gasteiger partial charge in [-0.05, 0) is 71.9 Å². The Balaban J connectivity index is 2.14. The molecule has 0 atom stereocenters. The third-order valence-electron chi connectivity index (χ3n) is 4.07. The van der Waals surface area contributed by atoms with Crippen molar-refractivity contribution in [1.29, 1.82) is 0 Å². The van der Waals surface area contributed by atoms with Gasteiger partial charge in [0.25, 0.3) is 0 Å². The predicted octanol–water partition coefficient (Wildman–Crippen LogP) is 4.30. The molecule has 0 bridgehead atoms. The fourth-order valence-electron chi connectivity index (χ4n) is 2.91. The second kappa shape index (κ2) is 5.76. The summed E-state index contributed by atoms with van der Waals surface area (Å²) in [6.07, 6.45) is 3.95. The van der Waals surface area contributed by atoms with Gasteiger partial charge in [-0.15, -0.1) is 0 Å². The summed E-state index contributed by atoms with van der Waals surface area (Å²) in [6.45, 7) is 1.97. The second-order valence-electron chi connectivity index (χ2n) is 5.48. The monoisotopic (exact) mass is 296 g/mol. The van der Waals surface area contributed by atoms with Crippen molar-refractivity contribution in [3.63, 3.8) is 0 Å². The minimum Gasteiger partial charge on any atom is -0.465 e. The highest BCUT2D eigenvalue weighted by atomic mass is 19.1. The van der Waals surface area contributed by atoms with Gasteiger partial charge in [0.1, 0.15) is 5.82 Å². The number of hydrogen-bond acceptors (Lipinski definition) is 2. The van der Waals surface area contributed by atoms with E-state index in [0.29, 0.717) is 5.56 Å². The zero-order valence-corrected chi connectivity index (χ0v) is 12.7. The summed E-state index contributed by atoms with van der Waals surface area (Å²) in [5, 5.41) is 0. The fraction of sp³-hybridized carbons (Fsp3) is 0.211. The molecule has 0 saturated carbocycles. The molecule has 0 spiro atoms. The highest BCUT2D eigenvalue weighted by Crippen LogP contribution is 2.34. The van der Waals surface area contributed by atoms with Crippen molar-refractivity contribution in [3.8, 4) is 0 Å². The van der Waals surface area contributed by atoms with Crippen LogP contribution in [0.2, 0.25) is 0 Å². The lowest BCUT2D eigenvalue weighted by Gasteiger charge is -2.20. The Hall–Kier alpha value is -2.42.